The third-order valence-corrected chi connectivity index (χ3v) is 6.76. The van der Waals surface area contributed by atoms with Gasteiger partial charge in [0.2, 0.25) is 5.91 Å². The molecule has 1 aromatic carbocycles. The molecule has 8 heteroatoms. The van der Waals surface area contributed by atoms with Crippen LogP contribution in [0, 0.1) is 5.41 Å². The fourth-order valence-corrected chi connectivity index (χ4v) is 4.42. The zero-order valence-electron chi connectivity index (χ0n) is 17.3. The van der Waals surface area contributed by atoms with Gasteiger partial charge in [-0.1, -0.05) is 11.6 Å². The highest BCUT2D eigenvalue weighted by atomic mass is 35.5. The molecule has 1 spiro atoms. The number of likely N-dealkylation sites (tertiary alicyclic amines) is 1. The van der Waals surface area contributed by atoms with E-state index in [1.807, 2.05) is 23.2 Å². The average molecular weight is 438 g/mol. The molecule has 0 unspecified atom stereocenters. The molecule has 0 radical (unpaired) electrons. The summed E-state index contributed by atoms with van der Waals surface area (Å²) in [5.74, 6) is 0.263. The zero-order valence-corrected chi connectivity index (χ0v) is 18.1. The fraction of sp³-hybridized carbons (Fsp3) is 0.391. The van der Waals surface area contributed by atoms with Crippen molar-refractivity contribution in [3.63, 3.8) is 0 Å². The Balaban J connectivity index is 1.22. The normalized spacial score (nSPS) is 18.2. The maximum Gasteiger partial charge on any atom is 0.253 e. The van der Waals surface area contributed by atoms with E-state index in [1.165, 1.54) is 19.0 Å². The maximum absolute atomic E-state index is 12.7. The number of carbonyl (C=O) groups is 2. The molecule has 1 aliphatic heterocycles. The lowest BCUT2D eigenvalue weighted by molar-refractivity contribution is -0.134. The van der Waals surface area contributed by atoms with Gasteiger partial charge in [-0.05, 0) is 68.4 Å². The van der Waals surface area contributed by atoms with E-state index in [4.69, 9.17) is 11.6 Å². The minimum atomic E-state index is -0.568. The third-order valence-electron chi connectivity index (χ3n) is 6.53. The van der Waals surface area contributed by atoms with Crippen molar-refractivity contribution < 1.29 is 9.59 Å². The van der Waals surface area contributed by atoms with Crippen LogP contribution in [0.3, 0.4) is 0 Å². The number of carbonyl (C=O) groups excluding carboxylic acids is 2. The summed E-state index contributed by atoms with van der Waals surface area (Å²) >= 11 is 6.02. The van der Waals surface area contributed by atoms with Gasteiger partial charge in [-0.15, -0.1) is 0 Å². The van der Waals surface area contributed by atoms with Gasteiger partial charge >= 0.3 is 0 Å². The molecule has 3 aromatic rings. The molecule has 2 amide bonds. The number of benzene rings is 1. The van der Waals surface area contributed by atoms with Crippen molar-refractivity contribution in [2.75, 3.05) is 13.1 Å². The molecule has 5 rings (SSSR count). The Kier molecular flexibility index (Phi) is 4.93. The predicted octanol–water partition coefficient (Wildman–Crippen LogP) is 3.59. The zero-order chi connectivity index (χ0) is 21.6. The number of hydrogen-bond donors (Lipinski definition) is 1. The van der Waals surface area contributed by atoms with Crippen LogP contribution in [0.2, 0.25) is 5.02 Å². The molecule has 1 saturated heterocycles. The molecule has 2 aliphatic rings. The first-order valence-corrected chi connectivity index (χ1v) is 11.0. The summed E-state index contributed by atoms with van der Waals surface area (Å²) in [7, 11) is 0. The second-order valence-corrected chi connectivity index (χ2v) is 9.14. The summed E-state index contributed by atoms with van der Waals surface area (Å²) in [6.45, 7) is 3.32. The van der Waals surface area contributed by atoms with Gasteiger partial charge in [0.05, 0.1) is 11.1 Å². The van der Waals surface area contributed by atoms with Gasteiger partial charge in [-0.25, -0.2) is 9.67 Å². The van der Waals surface area contributed by atoms with Crippen molar-refractivity contribution >= 4 is 34.3 Å². The van der Waals surface area contributed by atoms with Gasteiger partial charge in [-0.3, -0.25) is 9.59 Å². The maximum atomic E-state index is 12.7. The molecule has 7 nitrogen and oxygen atoms in total. The Morgan fingerprint density at radius 1 is 1.13 bits per heavy atom. The second-order valence-electron chi connectivity index (χ2n) is 8.70. The van der Waals surface area contributed by atoms with E-state index in [0.717, 1.165) is 36.8 Å². The highest BCUT2D eigenvalue weighted by Gasteiger charge is 2.45. The van der Waals surface area contributed by atoms with Crippen molar-refractivity contribution in [3.8, 4) is 5.82 Å². The van der Waals surface area contributed by atoms with Crippen LogP contribution >= 0.6 is 11.6 Å². The summed E-state index contributed by atoms with van der Waals surface area (Å²) in [4.78, 5) is 31.6. The lowest BCUT2D eigenvalue weighted by Crippen LogP contribution is -2.49. The van der Waals surface area contributed by atoms with Crippen molar-refractivity contribution in [2.45, 2.75) is 38.6 Å². The Bertz CT molecular complexity index is 1140. The highest BCUT2D eigenvalue weighted by Crippen LogP contribution is 2.53. The van der Waals surface area contributed by atoms with Crippen LogP contribution < -0.4 is 5.32 Å². The van der Waals surface area contributed by atoms with Gasteiger partial charge in [0, 0.05) is 35.9 Å². The van der Waals surface area contributed by atoms with E-state index in [0.29, 0.717) is 21.8 Å². The number of nitrogens with zero attached hydrogens (tertiary/aromatic N) is 4. The molecule has 2 fully saturated rings. The number of piperidine rings is 1. The number of fused-ring (bicyclic) bond motifs is 1. The minimum absolute atomic E-state index is 0.0182. The van der Waals surface area contributed by atoms with Crippen LogP contribution in [-0.4, -0.2) is 50.6 Å². The van der Waals surface area contributed by atoms with Crippen LogP contribution in [0.15, 0.2) is 42.7 Å². The first-order chi connectivity index (χ1) is 14.9. The van der Waals surface area contributed by atoms with E-state index >= 15 is 0 Å². The van der Waals surface area contributed by atoms with Gasteiger partial charge in [-0.2, -0.15) is 5.10 Å². The molecular weight excluding hydrogens is 414 g/mol. The van der Waals surface area contributed by atoms with Gasteiger partial charge in [0.1, 0.15) is 6.04 Å². The smallest absolute Gasteiger partial charge is 0.253 e. The Morgan fingerprint density at radius 3 is 2.58 bits per heavy atom. The number of halogens is 1. The quantitative estimate of drug-likeness (QED) is 0.676. The Hall–Kier alpha value is -2.93. The van der Waals surface area contributed by atoms with Gasteiger partial charge < -0.3 is 10.2 Å². The molecule has 2 aromatic heterocycles. The van der Waals surface area contributed by atoms with Gasteiger partial charge in [0.15, 0.2) is 5.82 Å². The van der Waals surface area contributed by atoms with Crippen LogP contribution in [0.4, 0.5) is 0 Å². The largest absolute Gasteiger partial charge is 0.341 e. The lowest BCUT2D eigenvalue weighted by Gasteiger charge is -2.33. The molecule has 1 atom stereocenters. The van der Waals surface area contributed by atoms with E-state index in [-0.39, 0.29) is 11.8 Å². The molecule has 31 heavy (non-hydrogen) atoms. The standard InChI is InChI=1S/C23H24ClN5O2/c1-15(22(31)28-10-8-23(6-7-23)9-11-28)26-21(30)16-3-5-20(25-13-16)29-14-17-2-4-18(24)12-19(17)27-29/h2-5,12-15H,6-11H2,1H3,(H,26,30)/t15-/m0/s1. The fourth-order valence-electron chi connectivity index (χ4n) is 4.26. The molecule has 1 aliphatic carbocycles. The SMILES string of the molecule is C[C@H](NC(=O)c1ccc(-n2cc3ccc(Cl)cc3n2)nc1)C(=O)N1CCC2(CC1)CC2. The van der Waals surface area contributed by atoms with Crippen molar-refractivity contribution in [3.05, 3.63) is 53.3 Å². The van der Waals surface area contributed by atoms with Crippen LogP contribution in [0.25, 0.3) is 16.7 Å². The molecule has 0 bridgehead atoms. The van der Waals surface area contributed by atoms with Crippen LogP contribution in [-0.2, 0) is 4.79 Å². The number of aromatic nitrogens is 3. The summed E-state index contributed by atoms with van der Waals surface area (Å²) in [6.07, 6.45) is 8.12. The second kappa shape index (κ2) is 7.64. The minimum Gasteiger partial charge on any atom is -0.341 e. The first kappa shape index (κ1) is 20.0. The average Bonchev–Trinajstić information content (AvgIpc) is 3.39. The molecule has 3 heterocycles. The molecule has 1 N–H and O–H groups in total. The summed E-state index contributed by atoms with van der Waals surface area (Å²) in [5.41, 5.74) is 1.69. The monoisotopic (exact) mass is 437 g/mol. The third kappa shape index (κ3) is 4.02. The summed E-state index contributed by atoms with van der Waals surface area (Å²) < 4.78 is 1.65. The molecular formula is C23H24ClN5O2. The van der Waals surface area contributed by atoms with E-state index in [9.17, 15) is 9.59 Å². The Labute approximate surface area is 185 Å². The molecule has 1 saturated carbocycles. The lowest BCUT2D eigenvalue weighted by atomic mass is 9.93. The molecule has 160 valence electrons. The first-order valence-electron chi connectivity index (χ1n) is 10.6. The summed E-state index contributed by atoms with van der Waals surface area (Å²) in [6, 6.07) is 8.35. The van der Waals surface area contributed by atoms with Crippen LogP contribution in [0.1, 0.15) is 43.0 Å². The number of rotatable bonds is 4. The number of nitrogens with one attached hydrogen (secondary N) is 1. The van der Waals surface area contributed by atoms with Crippen molar-refractivity contribution in [2.24, 2.45) is 5.41 Å². The summed E-state index contributed by atoms with van der Waals surface area (Å²) in [5, 5.41) is 8.86. The number of hydrogen-bond acceptors (Lipinski definition) is 4. The topological polar surface area (TPSA) is 80.1 Å². The van der Waals surface area contributed by atoms with Crippen LogP contribution in [0.5, 0.6) is 0 Å². The van der Waals surface area contributed by atoms with Crippen molar-refractivity contribution in [1.29, 1.82) is 0 Å². The Morgan fingerprint density at radius 2 is 1.90 bits per heavy atom. The number of amides is 2. The number of pyridine rings is 1. The van der Waals surface area contributed by atoms with E-state index in [1.54, 1.807) is 29.8 Å². The van der Waals surface area contributed by atoms with E-state index < -0.39 is 6.04 Å². The van der Waals surface area contributed by atoms with E-state index in [2.05, 4.69) is 15.4 Å². The van der Waals surface area contributed by atoms with Gasteiger partial charge in [0.25, 0.3) is 5.91 Å². The predicted molar refractivity (Wildman–Crippen MR) is 118 cm³/mol. The van der Waals surface area contributed by atoms with Crippen molar-refractivity contribution in [1.82, 2.24) is 25.0 Å². The highest BCUT2D eigenvalue weighted by molar-refractivity contribution is 6.31.